The van der Waals surface area contributed by atoms with Crippen molar-refractivity contribution in [2.75, 3.05) is 18.6 Å². The van der Waals surface area contributed by atoms with Gasteiger partial charge in [0.05, 0.1) is 6.54 Å². The molecule has 102 valence electrons. The number of nitrogens with one attached hydrogen (secondary N) is 2. The molecule has 0 aromatic rings. The van der Waals surface area contributed by atoms with Crippen LogP contribution in [0.1, 0.15) is 40.0 Å². The zero-order valence-electron chi connectivity index (χ0n) is 11.4. The summed E-state index contributed by atoms with van der Waals surface area (Å²) in [6.07, 6.45) is 4.47. The Kier molecular flexibility index (Phi) is 9.36. The predicted molar refractivity (Wildman–Crippen MR) is 73.5 cm³/mol. The molecule has 4 nitrogen and oxygen atoms in total. The number of hydrogen-bond acceptors (Lipinski definition) is 3. The van der Waals surface area contributed by atoms with E-state index in [0.29, 0.717) is 12.3 Å². The molecule has 2 N–H and O–H groups in total. The largest absolute Gasteiger partial charge is 0.352 e. The molecule has 1 amide bonds. The van der Waals surface area contributed by atoms with E-state index in [2.05, 4.69) is 24.5 Å². The molecule has 0 fully saturated rings. The summed E-state index contributed by atoms with van der Waals surface area (Å²) in [4.78, 5) is 11.6. The van der Waals surface area contributed by atoms with Gasteiger partial charge in [-0.2, -0.15) is 0 Å². The Morgan fingerprint density at radius 2 is 1.88 bits per heavy atom. The van der Waals surface area contributed by atoms with Crippen LogP contribution in [-0.4, -0.2) is 40.8 Å². The molecule has 0 aromatic heterocycles. The number of carbonyl (C=O) groups is 1. The van der Waals surface area contributed by atoms with Gasteiger partial charge in [0.1, 0.15) is 0 Å². The lowest BCUT2D eigenvalue weighted by molar-refractivity contribution is -0.121. The van der Waals surface area contributed by atoms with Gasteiger partial charge < -0.3 is 10.6 Å². The highest BCUT2D eigenvalue weighted by Crippen LogP contribution is 1.96. The summed E-state index contributed by atoms with van der Waals surface area (Å²) in [5, 5.41) is 6.12. The average Bonchev–Trinajstić information content (AvgIpc) is 2.30. The van der Waals surface area contributed by atoms with E-state index in [-0.39, 0.29) is 18.0 Å². The molecule has 0 saturated carbocycles. The first kappa shape index (κ1) is 16.6. The number of carbonyl (C=O) groups excluding carboxylic acids is 1. The summed E-state index contributed by atoms with van der Waals surface area (Å²) in [6.45, 7) is 6.49. The zero-order chi connectivity index (χ0) is 13.3. The summed E-state index contributed by atoms with van der Waals surface area (Å²) in [6, 6.07) is 0.508. The van der Waals surface area contributed by atoms with Crippen LogP contribution in [0.3, 0.4) is 0 Å². The van der Waals surface area contributed by atoms with Crippen molar-refractivity contribution in [3.05, 3.63) is 0 Å². The van der Waals surface area contributed by atoms with Gasteiger partial charge in [0, 0.05) is 34.9 Å². The van der Waals surface area contributed by atoms with Crippen molar-refractivity contribution in [1.82, 2.24) is 10.6 Å². The molecule has 0 saturated heterocycles. The molecule has 0 heterocycles. The smallest absolute Gasteiger partial charge is 0.234 e. The van der Waals surface area contributed by atoms with Crippen LogP contribution in [0.4, 0.5) is 0 Å². The van der Waals surface area contributed by atoms with Crippen molar-refractivity contribution in [2.45, 2.75) is 52.1 Å². The first-order valence-electron chi connectivity index (χ1n) is 6.32. The first-order chi connectivity index (χ1) is 7.99. The Morgan fingerprint density at radius 3 is 2.35 bits per heavy atom. The Labute approximate surface area is 107 Å². The van der Waals surface area contributed by atoms with Gasteiger partial charge in [-0.3, -0.25) is 9.00 Å². The Bertz CT molecular complexity index is 243. The molecule has 0 aliphatic heterocycles. The van der Waals surface area contributed by atoms with Crippen LogP contribution in [0.2, 0.25) is 0 Å². The van der Waals surface area contributed by atoms with Gasteiger partial charge in [-0.1, -0.05) is 13.8 Å². The van der Waals surface area contributed by atoms with Crippen LogP contribution in [0, 0.1) is 0 Å². The maximum atomic E-state index is 11.6. The second-order valence-corrected chi connectivity index (χ2v) is 5.98. The molecule has 0 spiro atoms. The van der Waals surface area contributed by atoms with Crippen LogP contribution in [0.15, 0.2) is 0 Å². The van der Waals surface area contributed by atoms with Gasteiger partial charge in [-0.15, -0.1) is 0 Å². The minimum atomic E-state index is -0.753. The molecule has 0 aliphatic rings. The molecule has 2 atom stereocenters. The van der Waals surface area contributed by atoms with Crippen LogP contribution in [0.25, 0.3) is 0 Å². The van der Waals surface area contributed by atoms with E-state index < -0.39 is 10.8 Å². The Morgan fingerprint density at radius 1 is 1.29 bits per heavy atom. The van der Waals surface area contributed by atoms with Gasteiger partial charge in [0.15, 0.2) is 0 Å². The molecule has 0 rings (SSSR count). The lowest BCUT2D eigenvalue weighted by Gasteiger charge is -2.17. The van der Waals surface area contributed by atoms with Crippen molar-refractivity contribution in [3.63, 3.8) is 0 Å². The van der Waals surface area contributed by atoms with E-state index in [0.717, 1.165) is 19.3 Å². The van der Waals surface area contributed by atoms with Crippen molar-refractivity contribution in [1.29, 1.82) is 0 Å². The predicted octanol–water partition coefficient (Wildman–Crippen LogP) is 1.04. The third kappa shape index (κ3) is 9.30. The van der Waals surface area contributed by atoms with Crippen molar-refractivity contribution in [3.8, 4) is 0 Å². The van der Waals surface area contributed by atoms with E-state index in [1.807, 2.05) is 6.92 Å². The van der Waals surface area contributed by atoms with E-state index in [1.54, 1.807) is 6.26 Å². The zero-order valence-corrected chi connectivity index (χ0v) is 12.2. The molecule has 0 radical (unpaired) electrons. The molecular formula is C12H26N2O2S. The lowest BCUT2D eigenvalue weighted by atomic mass is 10.2. The molecule has 0 aliphatic carbocycles. The van der Waals surface area contributed by atoms with Crippen molar-refractivity contribution < 1.29 is 9.00 Å². The number of rotatable bonds is 9. The summed E-state index contributed by atoms with van der Waals surface area (Å²) in [7, 11) is -0.753. The maximum absolute atomic E-state index is 11.6. The molecular weight excluding hydrogens is 236 g/mol. The minimum absolute atomic E-state index is 0.0446. The molecule has 0 bridgehead atoms. The number of amides is 1. The van der Waals surface area contributed by atoms with Gasteiger partial charge in [-0.05, 0) is 26.2 Å². The highest BCUT2D eigenvalue weighted by Gasteiger charge is 2.09. The average molecular weight is 262 g/mol. The van der Waals surface area contributed by atoms with E-state index in [9.17, 15) is 9.00 Å². The Balaban J connectivity index is 3.71. The van der Waals surface area contributed by atoms with Gasteiger partial charge >= 0.3 is 0 Å². The van der Waals surface area contributed by atoms with E-state index in [4.69, 9.17) is 0 Å². The van der Waals surface area contributed by atoms with E-state index >= 15 is 0 Å². The maximum Gasteiger partial charge on any atom is 0.234 e. The molecule has 2 unspecified atom stereocenters. The van der Waals surface area contributed by atoms with Gasteiger partial charge in [-0.25, -0.2) is 0 Å². The third-order valence-electron chi connectivity index (χ3n) is 2.80. The summed E-state index contributed by atoms with van der Waals surface area (Å²) in [5.41, 5.74) is 0. The van der Waals surface area contributed by atoms with Gasteiger partial charge in [0.2, 0.25) is 5.91 Å². The van der Waals surface area contributed by atoms with Crippen molar-refractivity contribution >= 4 is 16.7 Å². The summed E-state index contributed by atoms with van der Waals surface area (Å²) in [5.74, 6) is 0.727. The molecule has 0 aromatic carbocycles. The second-order valence-electron chi connectivity index (χ2n) is 4.43. The van der Waals surface area contributed by atoms with E-state index in [1.165, 1.54) is 0 Å². The molecule has 5 heteroatoms. The third-order valence-corrected chi connectivity index (χ3v) is 3.61. The topological polar surface area (TPSA) is 58.2 Å². The normalized spacial score (nSPS) is 14.6. The fraction of sp³-hybridized carbons (Fsp3) is 0.917. The fourth-order valence-electron chi connectivity index (χ4n) is 1.48. The van der Waals surface area contributed by atoms with Gasteiger partial charge in [0.25, 0.3) is 0 Å². The minimum Gasteiger partial charge on any atom is -0.352 e. The monoisotopic (exact) mass is 262 g/mol. The van der Waals surface area contributed by atoms with Crippen LogP contribution < -0.4 is 10.6 Å². The van der Waals surface area contributed by atoms with Crippen LogP contribution in [0.5, 0.6) is 0 Å². The number of hydrogen-bond donors (Lipinski definition) is 2. The lowest BCUT2D eigenvalue weighted by Crippen LogP contribution is -2.42. The van der Waals surface area contributed by atoms with Crippen LogP contribution in [-0.2, 0) is 15.6 Å². The quantitative estimate of drug-likeness (QED) is 0.653. The highest BCUT2D eigenvalue weighted by molar-refractivity contribution is 7.84. The van der Waals surface area contributed by atoms with Crippen LogP contribution >= 0.6 is 0 Å². The molecule has 17 heavy (non-hydrogen) atoms. The second kappa shape index (κ2) is 9.59. The standard InChI is InChI=1S/C12H26N2O2S/c1-5-11(6-2)14-12(15)9-13-10(3)7-8-17(4)16/h10-11,13H,5-9H2,1-4H3,(H,14,15). The van der Waals surface area contributed by atoms with Crippen molar-refractivity contribution in [2.24, 2.45) is 0 Å². The Hall–Kier alpha value is -0.420. The SMILES string of the molecule is CCC(CC)NC(=O)CNC(C)CCS(C)=O. The highest BCUT2D eigenvalue weighted by atomic mass is 32.2. The summed E-state index contributed by atoms with van der Waals surface area (Å²) >= 11 is 0. The fourth-order valence-corrected chi connectivity index (χ4v) is 2.17. The summed E-state index contributed by atoms with van der Waals surface area (Å²) < 4.78 is 10.9. The first-order valence-corrected chi connectivity index (χ1v) is 8.05.